The van der Waals surface area contributed by atoms with Crippen LogP contribution >= 0.6 is 0 Å². The first-order valence-corrected chi connectivity index (χ1v) is 15.0. The van der Waals surface area contributed by atoms with Crippen molar-refractivity contribution in [3.8, 4) is 11.8 Å². The Balaban J connectivity index is 4.81. The van der Waals surface area contributed by atoms with Gasteiger partial charge in [0.15, 0.2) is 0 Å². The molecule has 0 aliphatic carbocycles. The molecule has 0 saturated carbocycles. The molecule has 0 bridgehead atoms. The van der Waals surface area contributed by atoms with E-state index in [0.717, 1.165) is 18.4 Å². The molecule has 0 aliphatic rings. The van der Waals surface area contributed by atoms with Gasteiger partial charge in [-0.2, -0.15) is 0 Å². The molecule has 1 heteroatoms. The molecule has 0 N–H and O–H groups in total. The van der Waals surface area contributed by atoms with Gasteiger partial charge in [0.1, 0.15) is 0 Å². The molecule has 0 atom stereocenters. The predicted octanol–water partition coefficient (Wildman–Crippen LogP) is 11.9. The first kappa shape index (κ1) is 38.4. The second kappa shape index (κ2) is 23.0. The largest absolute Gasteiger partial charge is 0.378 e. The Morgan fingerprint density at radius 2 is 1.07 bits per heavy atom. The number of rotatable bonds is 15. The zero-order valence-electron chi connectivity index (χ0n) is 28.3. The van der Waals surface area contributed by atoms with Gasteiger partial charge in [0.05, 0.1) is 5.60 Å². The summed E-state index contributed by atoms with van der Waals surface area (Å²) in [5.74, 6) is 7.01. The Kier molecular flexibility index (Phi) is 21.0. The van der Waals surface area contributed by atoms with Gasteiger partial charge < -0.3 is 4.74 Å². The highest BCUT2D eigenvalue weighted by molar-refractivity contribution is 5.37. The van der Waals surface area contributed by atoms with Gasteiger partial charge in [-0.15, -0.1) is 0 Å². The average molecular weight is 565 g/mol. The van der Waals surface area contributed by atoms with Gasteiger partial charge in [0.25, 0.3) is 0 Å². The highest BCUT2D eigenvalue weighted by atomic mass is 16.5. The van der Waals surface area contributed by atoms with Crippen molar-refractivity contribution in [1.82, 2.24) is 0 Å². The molecule has 42 heavy (non-hydrogen) atoms. The third kappa shape index (κ3) is 24.2. The van der Waals surface area contributed by atoms with E-state index in [1.54, 1.807) is 7.11 Å². The van der Waals surface area contributed by atoms with Crippen LogP contribution in [0.4, 0.5) is 0 Å². The summed E-state index contributed by atoms with van der Waals surface area (Å²) >= 11 is 0. The Bertz CT molecular complexity index is 1240. The minimum Gasteiger partial charge on any atom is -0.378 e. The highest BCUT2D eigenvalue weighted by Crippen LogP contribution is 2.14. The molecule has 0 spiro atoms. The van der Waals surface area contributed by atoms with Crippen LogP contribution in [0.5, 0.6) is 0 Å². The first-order valence-electron chi connectivity index (χ1n) is 15.0. The molecule has 0 amide bonds. The van der Waals surface area contributed by atoms with Crippen molar-refractivity contribution < 1.29 is 4.74 Å². The van der Waals surface area contributed by atoms with Crippen LogP contribution < -0.4 is 0 Å². The standard InChI is InChI=1S/C41H56O/c1-34(2)20-14-23-37(5)26-17-29-38(6)27-15-24-35(3)21-12-13-22-36(4)25-16-28-39(7)30-18-31-40(8)32-19-33-41(9,10)42-11/h12-16,18-19,21-28,30-32,34H,20,33H2,1-11H3/b13-12+,23-14+,24-15+,25-16+,30-18+,32-19+,35-21+,36-22+,37-26+,38-27+,39-28+,40-31+. The number of allylic oxidation sites excluding steroid dienone is 23. The van der Waals surface area contributed by atoms with Gasteiger partial charge in [0, 0.05) is 7.11 Å². The fraction of sp³-hybridized carbons (Fsp3) is 0.366. The van der Waals surface area contributed by atoms with Crippen molar-refractivity contribution in [2.45, 2.75) is 87.7 Å². The summed E-state index contributed by atoms with van der Waals surface area (Å²) < 4.78 is 5.45. The Morgan fingerprint density at radius 1 is 0.619 bits per heavy atom. The van der Waals surface area contributed by atoms with Crippen molar-refractivity contribution in [3.63, 3.8) is 0 Å². The van der Waals surface area contributed by atoms with E-state index in [1.165, 1.54) is 27.9 Å². The van der Waals surface area contributed by atoms with E-state index >= 15 is 0 Å². The summed E-state index contributed by atoms with van der Waals surface area (Å²) in [6.45, 7) is 21.2. The summed E-state index contributed by atoms with van der Waals surface area (Å²) in [5.41, 5.74) is 6.88. The van der Waals surface area contributed by atoms with Crippen molar-refractivity contribution in [1.29, 1.82) is 0 Å². The zero-order chi connectivity index (χ0) is 31.8. The lowest BCUT2D eigenvalue weighted by Gasteiger charge is -2.20. The van der Waals surface area contributed by atoms with Gasteiger partial charge in [-0.1, -0.05) is 151 Å². The summed E-state index contributed by atoms with van der Waals surface area (Å²) in [5, 5.41) is 0. The number of hydrogen-bond donors (Lipinski definition) is 0. The van der Waals surface area contributed by atoms with Crippen molar-refractivity contribution in [3.05, 3.63) is 143 Å². The molecular formula is C41H56O. The fourth-order valence-electron chi connectivity index (χ4n) is 3.18. The van der Waals surface area contributed by atoms with Crippen molar-refractivity contribution >= 4 is 0 Å². The number of hydrogen-bond acceptors (Lipinski definition) is 1. The molecule has 0 saturated heterocycles. The molecule has 226 valence electrons. The molecule has 0 aromatic rings. The summed E-state index contributed by atoms with van der Waals surface area (Å²) in [6, 6.07) is 0. The molecule has 0 rings (SSSR count). The van der Waals surface area contributed by atoms with Crippen LogP contribution in [0.15, 0.2) is 143 Å². The maximum Gasteiger partial charge on any atom is 0.0657 e. The second-order valence-electron chi connectivity index (χ2n) is 11.7. The van der Waals surface area contributed by atoms with Crippen LogP contribution in [-0.2, 0) is 4.74 Å². The molecule has 0 radical (unpaired) electrons. The van der Waals surface area contributed by atoms with E-state index in [2.05, 4.69) is 165 Å². The Labute approximate surface area is 259 Å². The number of ether oxygens (including phenoxy) is 1. The Morgan fingerprint density at radius 3 is 1.57 bits per heavy atom. The average Bonchev–Trinajstić information content (AvgIpc) is 2.91. The van der Waals surface area contributed by atoms with E-state index in [4.69, 9.17) is 4.74 Å². The van der Waals surface area contributed by atoms with E-state index in [0.29, 0.717) is 5.92 Å². The predicted molar refractivity (Wildman–Crippen MR) is 190 cm³/mol. The molecule has 0 aromatic heterocycles. The topological polar surface area (TPSA) is 9.23 Å². The smallest absolute Gasteiger partial charge is 0.0657 e. The minimum absolute atomic E-state index is 0.122. The molecule has 0 unspecified atom stereocenters. The maximum absolute atomic E-state index is 5.45. The van der Waals surface area contributed by atoms with E-state index < -0.39 is 0 Å². The van der Waals surface area contributed by atoms with E-state index in [-0.39, 0.29) is 5.60 Å². The van der Waals surface area contributed by atoms with Crippen LogP contribution in [0.2, 0.25) is 0 Å². The van der Waals surface area contributed by atoms with Crippen LogP contribution in [0, 0.1) is 17.8 Å². The van der Waals surface area contributed by atoms with Crippen LogP contribution in [0.25, 0.3) is 0 Å². The van der Waals surface area contributed by atoms with Gasteiger partial charge >= 0.3 is 0 Å². The maximum atomic E-state index is 5.45. The summed E-state index contributed by atoms with van der Waals surface area (Å²) in [7, 11) is 1.75. The number of methoxy groups -OCH3 is 1. The van der Waals surface area contributed by atoms with Crippen molar-refractivity contribution in [2.75, 3.05) is 7.11 Å². The Hall–Kier alpha value is -3.60. The lowest BCUT2D eigenvalue weighted by molar-refractivity contribution is 0.0255. The molecule has 0 aliphatic heterocycles. The molecule has 0 aromatic carbocycles. The summed E-state index contributed by atoms with van der Waals surface area (Å²) in [6.07, 6.45) is 39.8. The lowest BCUT2D eigenvalue weighted by atomic mass is 10.0. The lowest BCUT2D eigenvalue weighted by Crippen LogP contribution is -2.20. The summed E-state index contributed by atoms with van der Waals surface area (Å²) in [4.78, 5) is 0. The van der Waals surface area contributed by atoms with Crippen LogP contribution in [0.1, 0.15) is 82.1 Å². The third-order valence-corrected chi connectivity index (χ3v) is 6.07. The monoisotopic (exact) mass is 564 g/mol. The van der Waals surface area contributed by atoms with Crippen LogP contribution in [0.3, 0.4) is 0 Å². The first-order chi connectivity index (χ1) is 19.8. The van der Waals surface area contributed by atoms with E-state index in [1.807, 2.05) is 25.2 Å². The quantitative estimate of drug-likeness (QED) is 0.142. The van der Waals surface area contributed by atoms with Gasteiger partial charge in [-0.25, -0.2) is 0 Å². The third-order valence-electron chi connectivity index (χ3n) is 6.07. The fourth-order valence-corrected chi connectivity index (χ4v) is 3.18. The van der Waals surface area contributed by atoms with E-state index in [9.17, 15) is 0 Å². The molecular weight excluding hydrogens is 508 g/mol. The van der Waals surface area contributed by atoms with Gasteiger partial charge in [-0.05, 0) is 91.4 Å². The highest BCUT2D eigenvalue weighted by Gasteiger charge is 2.12. The van der Waals surface area contributed by atoms with Gasteiger partial charge in [0.2, 0.25) is 0 Å². The second-order valence-corrected chi connectivity index (χ2v) is 11.7. The SMILES string of the molecule is COC(C)(C)C/C=C/C(C)=C/C=C/C(C)=C/C=C/C(C)=C/C=C/C=C(C)/C=C/C=C(\C)C#C/C=C(C)/C=C/CC(C)C. The zero-order valence-corrected chi connectivity index (χ0v) is 28.3. The molecule has 0 heterocycles. The minimum atomic E-state index is -0.122. The van der Waals surface area contributed by atoms with Crippen molar-refractivity contribution in [2.24, 2.45) is 5.92 Å². The molecule has 0 fully saturated rings. The normalized spacial score (nSPS) is 15.6. The van der Waals surface area contributed by atoms with Crippen LogP contribution in [-0.4, -0.2) is 12.7 Å². The molecule has 1 nitrogen and oxygen atoms in total. The van der Waals surface area contributed by atoms with Gasteiger partial charge in [-0.3, -0.25) is 0 Å².